The Bertz CT molecular complexity index is 332. The van der Waals surface area contributed by atoms with Crippen LogP contribution in [0.3, 0.4) is 0 Å². The summed E-state index contributed by atoms with van der Waals surface area (Å²) in [6.45, 7) is 9.87. The van der Waals surface area contributed by atoms with Gasteiger partial charge < -0.3 is 19.9 Å². The zero-order valence-electron chi connectivity index (χ0n) is 13.9. The third-order valence-electron chi connectivity index (χ3n) is 5.03. The fourth-order valence-corrected chi connectivity index (χ4v) is 3.21. The maximum absolute atomic E-state index is 11.7. The summed E-state index contributed by atoms with van der Waals surface area (Å²) in [5.41, 5.74) is 0.435. The molecule has 0 aromatic heterocycles. The largest absolute Gasteiger partial charge is 0.450 e. The van der Waals surface area contributed by atoms with Gasteiger partial charge in [0.15, 0.2) is 0 Å². The summed E-state index contributed by atoms with van der Waals surface area (Å²) in [6, 6.07) is 0.548. The fourth-order valence-electron chi connectivity index (χ4n) is 3.21. The first-order valence-electron chi connectivity index (χ1n) is 8.36. The zero-order chi connectivity index (χ0) is 15.3. The van der Waals surface area contributed by atoms with Gasteiger partial charge in [-0.15, -0.1) is 0 Å². The van der Waals surface area contributed by atoms with Gasteiger partial charge in [-0.25, -0.2) is 4.79 Å². The quantitative estimate of drug-likeness (QED) is 0.861. The Kier molecular flexibility index (Phi) is 5.88. The van der Waals surface area contributed by atoms with Crippen molar-refractivity contribution in [1.29, 1.82) is 0 Å². The molecule has 2 heterocycles. The molecule has 0 aliphatic carbocycles. The van der Waals surface area contributed by atoms with Crippen molar-refractivity contribution in [3.8, 4) is 0 Å². The van der Waals surface area contributed by atoms with E-state index in [0.717, 1.165) is 32.5 Å². The van der Waals surface area contributed by atoms with Crippen LogP contribution in [0.15, 0.2) is 0 Å². The molecule has 0 radical (unpaired) electrons. The first-order valence-corrected chi connectivity index (χ1v) is 8.36. The highest BCUT2D eigenvalue weighted by Crippen LogP contribution is 2.29. The van der Waals surface area contributed by atoms with Crippen LogP contribution in [0.1, 0.15) is 39.5 Å². The SMILES string of the molecule is CCOC(=O)N1CCC(NCC2(C)CCN(C)CC2)CC1. The predicted molar refractivity (Wildman–Crippen MR) is 84.5 cm³/mol. The van der Waals surface area contributed by atoms with Crippen LogP contribution in [0.5, 0.6) is 0 Å². The third kappa shape index (κ3) is 4.85. The first-order chi connectivity index (χ1) is 10.0. The van der Waals surface area contributed by atoms with Crippen molar-refractivity contribution in [2.75, 3.05) is 46.4 Å². The molecule has 0 atom stereocenters. The molecule has 0 aromatic carbocycles. The molecule has 2 aliphatic rings. The zero-order valence-corrected chi connectivity index (χ0v) is 13.9. The van der Waals surface area contributed by atoms with Crippen molar-refractivity contribution in [1.82, 2.24) is 15.1 Å². The van der Waals surface area contributed by atoms with Gasteiger partial charge >= 0.3 is 6.09 Å². The van der Waals surface area contributed by atoms with Crippen molar-refractivity contribution >= 4 is 6.09 Å². The number of piperidine rings is 2. The summed E-state index contributed by atoms with van der Waals surface area (Å²) in [5.74, 6) is 0. The molecule has 2 fully saturated rings. The summed E-state index contributed by atoms with van der Waals surface area (Å²) in [6.07, 6.45) is 4.47. The lowest BCUT2D eigenvalue weighted by atomic mass is 9.80. The molecule has 2 saturated heterocycles. The van der Waals surface area contributed by atoms with Crippen LogP contribution in [0.4, 0.5) is 4.79 Å². The molecule has 0 aromatic rings. The van der Waals surface area contributed by atoms with Crippen LogP contribution in [0, 0.1) is 5.41 Å². The Labute approximate surface area is 129 Å². The number of likely N-dealkylation sites (tertiary alicyclic amines) is 2. The Hall–Kier alpha value is -0.810. The van der Waals surface area contributed by atoms with Gasteiger partial charge in [0.1, 0.15) is 0 Å². The summed E-state index contributed by atoms with van der Waals surface area (Å²) < 4.78 is 5.06. The van der Waals surface area contributed by atoms with Gasteiger partial charge in [0.05, 0.1) is 6.61 Å². The van der Waals surface area contributed by atoms with Crippen molar-refractivity contribution in [3.05, 3.63) is 0 Å². The molecule has 21 heavy (non-hydrogen) atoms. The molecule has 0 bridgehead atoms. The second-order valence-electron chi connectivity index (χ2n) is 6.96. The highest BCUT2D eigenvalue weighted by Gasteiger charge is 2.30. The summed E-state index contributed by atoms with van der Waals surface area (Å²) in [7, 11) is 2.21. The smallest absolute Gasteiger partial charge is 0.409 e. The topological polar surface area (TPSA) is 44.8 Å². The van der Waals surface area contributed by atoms with Crippen molar-refractivity contribution in [2.24, 2.45) is 5.41 Å². The van der Waals surface area contributed by atoms with E-state index in [-0.39, 0.29) is 6.09 Å². The van der Waals surface area contributed by atoms with Gasteiger partial charge in [-0.3, -0.25) is 0 Å². The number of amides is 1. The van der Waals surface area contributed by atoms with E-state index in [1.54, 1.807) is 0 Å². The Morgan fingerprint density at radius 2 is 1.86 bits per heavy atom. The van der Waals surface area contributed by atoms with Gasteiger partial charge in [0, 0.05) is 25.7 Å². The molecule has 0 unspecified atom stereocenters. The van der Waals surface area contributed by atoms with Crippen LogP contribution < -0.4 is 5.32 Å². The molecular formula is C16H31N3O2. The Balaban J connectivity index is 1.68. The van der Waals surface area contributed by atoms with Crippen LogP contribution in [-0.2, 0) is 4.74 Å². The lowest BCUT2D eigenvalue weighted by Crippen LogP contribution is -2.49. The first kappa shape index (κ1) is 16.6. The molecule has 2 rings (SSSR count). The maximum Gasteiger partial charge on any atom is 0.409 e. The highest BCUT2D eigenvalue weighted by molar-refractivity contribution is 5.67. The molecule has 0 saturated carbocycles. The Morgan fingerprint density at radius 1 is 1.24 bits per heavy atom. The number of rotatable bonds is 4. The molecular weight excluding hydrogens is 266 g/mol. The summed E-state index contributed by atoms with van der Waals surface area (Å²) in [5, 5.41) is 3.74. The molecule has 0 spiro atoms. The third-order valence-corrected chi connectivity index (χ3v) is 5.03. The van der Waals surface area contributed by atoms with Gasteiger partial charge in [0.2, 0.25) is 0 Å². The highest BCUT2D eigenvalue weighted by atomic mass is 16.6. The number of carbonyl (C=O) groups excluding carboxylic acids is 1. The van der Waals surface area contributed by atoms with Crippen molar-refractivity contribution in [2.45, 2.75) is 45.6 Å². The van der Waals surface area contributed by atoms with E-state index in [9.17, 15) is 4.79 Å². The Morgan fingerprint density at radius 3 is 2.43 bits per heavy atom. The summed E-state index contributed by atoms with van der Waals surface area (Å²) >= 11 is 0. The fraction of sp³-hybridized carbons (Fsp3) is 0.938. The van der Waals surface area contributed by atoms with Gasteiger partial charge in [0.25, 0.3) is 0 Å². The van der Waals surface area contributed by atoms with Crippen LogP contribution in [0.2, 0.25) is 0 Å². The average Bonchev–Trinajstić information content (AvgIpc) is 2.49. The molecule has 5 heteroatoms. The van der Waals surface area contributed by atoms with Gasteiger partial charge in [-0.2, -0.15) is 0 Å². The lowest BCUT2D eigenvalue weighted by Gasteiger charge is -2.40. The number of ether oxygens (including phenoxy) is 1. The van der Waals surface area contributed by atoms with Crippen LogP contribution in [-0.4, -0.2) is 68.3 Å². The second-order valence-corrected chi connectivity index (χ2v) is 6.96. The number of nitrogens with zero attached hydrogens (tertiary/aromatic N) is 2. The van der Waals surface area contributed by atoms with E-state index < -0.39 is 0 Å². The van der Waals surface area contributed by atoms with Crippen molar-refractivity contribution in [3.63, 3.8) is 0 Å². The minimum Gasteiger partial charge on any atom is -0.450 e. The molecule has 122 valence electrons. The van der Waals surface area contributed by atoms with E-state index in [1.807, 2.05) is 11.8 Å². The van der Waals surface area contributed by atoms with Crippen molar-refractivity contribution < 1.29 is 9.53 Å². The number of hydrogen-bond acceptors (Lipinski definition) is 4. The van der Waals surface area contributed by atoms with E-state index >= 15 is 0 Å². The lowest BCUT2D eigenvalue weighted by molar-refractivity contribution is 0.0909. The monoisotopic (exact) mass is 297 g/mol. The number of nitrogens with one attached hydrogen (secondary N) is 1. The standard InChI is InChI=1S/C16H31N3O2/c1-4-21-15(20)19-9-5-14(6-10-19)17-13-16(2)7-11-18(3)12-8-16/h14,17H,4-13H2,1-3H3. The molecule has 1 N–H and O–H groups in total. The van der Waals surface area contributed by atoms with E-state index in [4.69, 9.17) is 4.74 Å². The minimum atomic E-state index is -0.154. The average molecular weight is 297 g/mol. The van der Waals surface area contributed by atoms with Gasteiger partial charge in [-0.1, -0.05) is 6.92 Å². The number of carbonyl (C=O) groups is 1. The maximum atomic E-state index is 11.7. The van der Waals surface area contributed by atoms with Crippen LogP contribution in [0.25, 0.3) is 0 Å². The molecule has 1 amide bonds. The normalized spacial score (nSPS) is 24.0. The molecule has 5 nitrogen and oxygen atoms in total. The minimum absolute atomic E-state index is 0.154. The second kappa shape index (κ2) is 7.45. The summed E-state index contributed by atoms with van der Waals surface area (Å²) in [4.78, 5) is 15.9. The van der Waals surface area contributed by atoms with E-state index in [0.29, 0.717) is 18.1 Å². The molecule has 2 aliphatic heterocycles. The van der Waals surface area contributed by atoms with Crippen LogP contribution >= 0.6 is 0 Å². The van der Waals surface area contributed by atoms with E-state index in [2.05, 4.69) is 24.2 Å². The predicted octanol–water partition coefficient (Wildman–Crippen LogP) is 1.93. The number of hydrogen-bond donors (Lipinski definition) is 1. The van der Waals surface area contributed by atoms with Gasteiger partial charge in [-0.05, 0) is 58.2 Å². The van der Waals surface area contributed by atoms with E-state index in [1.165, 1.54) is 25.9 Å².